The Labute approximate surface area is 320 Å². The van der Waals surface area contributed by atoms with E-state index in [4.69, 9.17) is 4.74 Å². The molecule has 5 aliphatic carbocycles. The van der Waals surface area contributed by atoms with Crippen LogP contribution in [-0.4, -0.2) is 90.4 Å². The minimum absolute atomic E-state index is 0.0216. The van der Waals surface area contributed by atoms with Crippen LogP contribution in [0.1, 0.15) is 133 Å². The van der Waals surface area contributed by atoms with Crippen LogP contribution in [-0.2, 0) is 24.2 Å². The Bertz CT molecular complexity index is 1540. The van der Waals surface area contributed by atoms with E-state index in [2.05, 4.69) is 58.3 Å². The summed E-state index contributed by atoms with van der Waals surface area (Å²) in [6, 6.07) is -0.123. The van der Waals surface area contributed by atoms with Crippen LogP contribution >= 0.6 is 0 Å². The van der Waals surface area contributed by atoms with E-state index in [1.165, 1.54) is 24.8 Å². The number of fused-ring (bicyclic) bond motifs is 7. The van der Waals surface area contributed by atoms with Gasteiger partial charge >= 0.3 is 11.9 Å². The average Bonchev–Trinajstić information content (AvgIpc) is 3.43. The van der Waals surface area contributed by atoms with Crippen molar-refractivity contribution >= 4 is 21.8 Å². The fraction of sp³-hybridized carbons (Fsp3) is 0.907. The van der Waals surface area contributed by atoms with E-state index in [9.17, 15) is 28.2 Å². The molecule has 0 bridgehead atoms. The molecule has 10 heteroatoms. The maximum atomic E-state index is 13.1. The van der Waals surface area contributed by atoms with E-state index in [0.717, 1.165) is 44.9 Å². The highest BCUT2D eigenvalue weighted by Gasteiger charge is 2.71. The SMILES string of the molecule is C=C(C)[C@@H]1CC[C@]2(NC[C@H]([C@@H](C)O)N3CCS(=O)(=O)CC3)CC[C@]3(C)[C@H](CC[C@@H]4[C@@]5(C)CC[C@H](OC(=O)CC(C)(C)C(=O)O)C(C)(C)[C@@H]5CC[C@]43C)[C@@H]12. The Morgan fingerprint density at radius 3 is 2.19 bits per heavy atom. The van der Waals surface area contributed by atoms with Gasteiger partial charge < -0.3 is 20.3 Å². The standard InChI is InChI=1S/C43H72N2O7S/c1-27(2)29-13-18-43(44-26-31(28(3)46)45-21-23-53(50,51)24-22-45)20-19-41(9)30(36(29)43)11-12-33-40(8)16-15-34(52-35(47)25-38(4,5)37(48)49)39(6,7)32(40)14-17-42(33,41)10/h28-34,36,44,46H,1,11-26H2,2-10H3,(H,48,49)/t28-,29+,30-,31-,32+,33-,34+,36-,40+,41-,42-,43+/m1/s1. The van der Waals surface area contributed by atoms with Gasteiger partial charge in [-0.15, -0.1) is 0 Å². The highest BCUT2D eigenvalue weighted by atomic mass is 32.2. The van der Waals surface area contributed by atoms with Crippen molar-refractivity contribution in [1.29, 1.82) is 0 Å². The minimum atomic E-state index is -3.00. The van der Waals surface area contributed by atoms with Crippen LogP contribution in [0.5, 0.6) is 0 Å². The van der Waals surface area contributed by atoms with E-state index < -0.39 is 33.3 Å². The molecule has 3 N–H and O–H groups in total. The number of aliphatic hydroxyl groups excluding tert-OH is 1. The molecule has 302 valence electrons. The molecule has 53 heavy (non-hydrogen) atoms. The van der Waals surface area contributed by atoms with E-state index in [-0.39, 0.29) is 57.3 Å². The molecular weight excluding hydrogens is 689 g/mol. The number of carboxylic acids is 1. The van der Waals surface area contributed by atoms with Crippen LogP contribution in [0.2, 0.25) is 0 Å². The third-order valence-electron chi connectivity index (χ3n) is 17.5. The van der Waals surface area contributed by atoms with Crippen LogP contribution in [0.3, 0.4) is 0 Å². The van der Waals surface area contributed by atoms with Crippen LogP contribution in [0.4, 0.5) is 0 Å². The molecule has 1 saturated heterocycles. The Balaban J connectivity index is 1.23. The number of carboxylic acid groups (broad SMARTS) is 1. The summed E-state index contributed by atoms with van der Waals surface area (Å²) in [5, 5.41) is 24.8. The summed E-state index contributed by atoms with van der Waals surface area (Å²) in [5.41, 5.74) is 0.359. The number of sulfone groups is 1. The third-order valence-corrected chi connectivity index (χ3v) is 19.1. The zero-order chi connectivity index (χ0) is 39.2. The Hall–Kier alpha value is -1.49. The van der Waals surface area contributed by atoms with Crippen molar-refractivity contribution in [2.45, 2.75) is 157 Å². The third kappa shape index (κ3) is 6.77. The minimum Gasteiger partial charge on any atom is -0.481 e. The number of allylic oxidation sites excluding steroid dienone is 1. The molecule has 0 radical (unpaired) electrons. The molecule has 0 amide bonds. The first-order valence-electron chi connectivity index (χ1n) is 20.9. The fourth-order valence-corrected chi connectivity index (χ4v) is 15.5. The van der Waals surface area contributed by atoms with Gasteiger partial charge in [-0.3, -0.25) is 14.5 Å². The predicted octanol–water partition coefficient (Wildman–Crippen LogP) is 6.88. The number of nitrogens with zero attached hydrogens (tertiary/aromatic N) is 1. The summed E-state index contributed by atoms with van der Waals surface area (Å²) in [4.78, 5) is 27.1. The van der Waals surface area contributed by atoms with Gasteiger partial charge in [0.2, 0.25) is 0 Å². The molecule has 0 aromatic heterocycles. The maximum Gasteiger partial charge on any atom is 0.309 e. The van der Waals surface area contributed by atoms with Crippen molar-refractivity contribution in [2.24, 2.45) is 56.7 Å². The number of carbonyl (C=O) groups excluding carboxylic acids is 1. The van der Waals surface area contributed by atoms with Crippen molar-refractivity contribution in [2.75, 3.05) is 31.1 Å². The molecule has 6 rings (SSSR count). The quantitative estimate of drug-likeness (QED) is 0.161. The van der Waals surface area contributed by atoms with Gasteiger partial charge in [-0.1, -0.05) is 46.8 Å². The normalized spacial score (nSPS) is 43.3. The van der Waals surface area contributed by atoms with Crippen molar-refractivity contribution in [1.82, 2.24) is 10.2 Å². The number of hydrogen-bond acceptors (Lipinski definition) is 8. The number of aliphatic hydroxyl groups is 1. The lowest BCUT2D eigenvalue weighted by Gasteiger charge is -2.73. The predicted molar refractivity (Wildman–Crippen MR) is 209 cm³/mol. The smallest absolute Gasteiger partial charge is 0.309 e. The van der Waals surface area contributed by atoms with E-state index in [1.807, 2.05) is 6.92 Å². The average molecular weight is 761 g/mol. The van der Waals surface area contributed by atoms with E-state index in [0.29, 0.717) is 49.2 Å². The summed E-state index contributed by atoms with van der Waals surface area (Å²) in [6.07, 6.45) is 10.1. The zero-order valence-electron chi connectivity index (χ0n) is 34.4. The van der Waals surface area contributed by atoms with Crippen molar-refractivity contribution < 1.29 is 33.0 Å². The molecule has 0 aromatic rings. The van der Waals surface area contributed by atoms with Gasteiger partial charge in [0, 0.05) is 36.6 Å². The highest BCUT2D eigenvalue weighted by molar-refractivity contribution is 7.91. The summed E-state index contributed by atoms with van der Waals surface area (Å²) in [5.74, 6) is 1.40. The second-order valence-electron chi connectivity index (χ2n) is 20.9. The molecule has 0 aromatic carbocycles. The van der Waals surface area contributed by atoms with Crippen molar-refractivity contribution in [3.8, 4) is 0 Å². The van der Waals surface area contributed by atoms with Crippen molar-refractivity contribution in [3.05, 3.63) is 12.2 Å². The van der Waals surface area contributed by atoms with Crippen LogP contribution in [0.25, 0.3) is 0 Å². The maximum absolute atomic E-state index is 13.1. The second-order valence-corrected chi connectivity index (χ2v) is 23.2. The number of ether oxygens (including phenoxy) is 1. The first kappa shape index (κ1) is 41.2. The largest absolute Gasteiger partial charge is 0.481 e. The fourth-order valence-electron chi connectivity index (χ4n) is 14.2. The van der Waals surface area contributed by atoms with E-state index >= 15 is 0 Å². The summed E-state index contributed by atoms with van der Waals surface area (Å²) in [6.45, 7) is 25.9. The second kappa shape index (κ2) is 13.9. The number of carbonyl (C=O) groups is 2. The Morgan fingerprint density at radius 1 is 0.925 bits per heavy atom. The number of rotatable bonds is 10. The lowest BCUT2D eigenvalue weighted by atomic mass is 9.32. The lowest BCUT2D eigenvalue weighted by molar-refractivity contribution is -0.246. The molecule has 6 aliphatic rings. The molecule has 0 spiro atoms. The number of nitrogens with one attached hydrogen (secondary N) is 1. The molecule has 5 saturated carbocycles. The summed E-state index contributed by atoms with van der Waals surface area (Å²) in [7, 11) is -3.00. The molecule has 9 nitrogen and oxygen atoms in total. The van der Waals surface area contributed by atoms with Gasteiger partial charge in [0.1, 0.15) is 6.10 Å². The van der Waals surface area contributed by atoms with Gasteiger partial charge in [0.15, 0.2) is 9.84 Å². The molecule has 1 heterocycles. The topological polar surface area (TPSA) is 133 Å². The first-order chi connectivity index (χ1) is 24.4. The zero-order valence-corrected chi connectivity index (χ0v) is 35.2. The molecule has 6 fully saturated rings. The number of hydrogen-bond donors (Lipinski definition) is 3. The Kier molecular flexibility index (Phi) is 10.8. The highest BCUT2D eigenvalue weighted by Crippen LogP contribution is 2.76. The summed E-state index contributed by atoms with van der Waals surface area (Å²) < 4.78 is 30.6. The van der Waals surface area contributed by atoms with E-state index in [1.54, 1.807) is 13.8 Å². The monoisotopic (exact) mass is 761 g/mol. The number of aliphatic carboxylic acids is 1. The molecule has 12 atom stereocenters. The van der Waals surface area contributed by atoms with Crippen LogP contribution < -0.4 is 5.32 Å². The lowest BCUT2D eigenvalue weighted by Crippen LogP contribution is -2.69. The molecular formula is C43H72N2O7S. The molecule has 0 unspecified atom stereocenters. The Morgan fingerprint density at radius 2 is 1.58 bits per heavy atom. The van der Waals surface area contributed by atoms with Gasteiger partial charge in [-0.05, 0) is 138 Å². The van der Waals surface area contributed by atoms with Gasteiger partial charge in [-0.25, -0.2) is 8.42 Å². The molecule has 1 aliphatic heterocycles. The van der Waals surface area contributed by atoms with Gasteiger partial charge in [0.05, 0.1) is 29.4 Å². The van der Waals surface area contributed by atoms with Gasteiger partial charge in [0.25, 0.3) is 0 Å². The van der Waals surface area contributed by atoms with Gasteiger partial charge in [-0.2, -0.15) is 0 Å². The van der Waals surface area contributed by atoms with Crippen LogP contribution in [0, 0.1) is 56.7 Å². The van der Waals surface area contributed by atoms with Crippen molar-refractivity contribution in [3.63, 3.8) is 0 Å². The summed E-state index contributed by atoms with van der Waals surface area (Å²) >= 11 is 0. The van der Waals surface area contributed by atoms with Crippen LogP contribution in [0.15, 0.2) is 12.2 Å². The number of esters is 1. The first-order valence-corrected chi connectivity index (χ1v) is 22.7.